The summed E-state index contributed by atoms with van der Waals surface area (Å²) in [5.74, 6) is 0.0748. The van der Waals surface area contributed by atoms with Crippen LogP contribution >= 0.6 is 15.9 Å². The zero-order valence-corrected chi connectivity index (χ0v) is 9.15. The molecule has 0 aliphatic carbocycles. The van der Waals surface area contributed by atoms with Gasteiger partial charge in [0, 0.05) is 11.6 Å². The molecule has 14 heavy (non-hydrogen) atoms. The van der Waals surface area contributed by atoms with Crippen LogP contribution in [0.1, 0.15) is 6.92 Å². The summed E-state index contributed by atoms with van der Waals surface area (Å²) >= 11 is 3.33. The topological polar surface area (TPSA) is 47.8 Å². The molecule has 5 heteroatoms. The SMILES string of the molecule is CC(=O)Cn1ncc2ccnc(Br)c21. The number of ketones is 1. The van der Waals surface area contributed by atoms with Gasteiger partial charge in [-0.05, 0) is 28.9 Å². The quantitative estimate of drug-likeness (QED) is 0.767. The second kappa shape index (κ2) is 3.49. The fourth-order valence-electron chi connectivity index (χ4n) is 1.32. The van der Waals surface area contributed by atoms with Crippen LogP contribution in [0.4, 0.5) is 0 Å². The van der Waals surface area contributed by atoms with Crippen LogP contribution in [-0.2, 0) is 11.3 Å². The summed E-state index contributed by atoms with van der Waals surface area (Å²) in [5.41, 5.74) is 0.864. The molecule has 0 spiro atoms. The molecule has 2 aromatic rings. The lowest BCUT2D eigenvalue weighted by Crippen LogP contribution is -2.07. The van der Waals surface area contributed by atoms with Crippen molar-refractivity contribution in [3.8, 4) is 0 Å². The average Bonchev–Trinajstić information content (AvgIpc) is 2.49. The molecule has 2 heterocycles. The summed E-state index contributed by atoms with van der Waals surface area (Å²) in [6, 6.07) is 1.86. The molecule has 0 unspecified atom stereocenters. The molecule has 0 bridgehead atoms. The Labute approximate surface area is 89.1 Å². The maximum Gasteiger partial charge on any atom is 0.151 e. The van der Waals surface area contributed by atoms with Crippen LogP contribution in [-0.4, -0.2) is 20.5 Å². The van der Waals surface area contributed by atoms with E-state index in [9.17, 15) is 4.79 Å². The van der Waals surface area contributed by atoms with Gasteiger partial charge in [0.25, 0.3) is 0 Å². The number of carbonyl (C=O) groups is 1. The first-order chi connectivity index (χ1) is 6.68. The molecule has 72 valence electrons. The minimum atomic E-state index is 0.0748. The molecular weight excluding hydrogens is 246 g/mol. The summed E-state index contributed by atoms with van der Waals surface area (Å²) in [5, 5.41) is 5.10. The summed E-state index contributed by atoms with van der Waals surface area (Å²) in [4.78, 5) is 15.1. The Kier molecular flexibility index (Phi) is 2.33. The van der Waals surface area contributed by atoms with Crippen LogP contribution < -0.4 is 0 Å². The van der Waals surface area contributed by atoms with Gasteiger partial charge in [-0.3, -0.25) is 9.48 Å². The van der Waals surface area contributed by atoms with Crippen LogP contribution in [0.25, 0.3) is 10.9 Å². The number of pyridine rings is 1. The molecule has 0 saturated heterocycles. The molecule has 0 aliphatic heterocycles. The highest BCUT2D eigenvalue weighted by Crippen LogP contribution is 2.20. The number of carbonyl (C=O) groups excluding carboxylic acids is 1. The third-order valence-corrected chi connectivity index (χ3v) is 2.46. The predicted octanol–water partition coefficient (Wildman–Crippen LogP) is 1.78. The minimum absolute atomic E-state index is 0.0748. The predicted molar refractivity (Wildman–Crippen MR) is 55.9 cm³/mol. The Morgan fingerprint density at radius 3 is 3.14 bits per heavy atom. The van der Waals surface area contributed by atoms with Crippen molar-refractivity contribution >= 4 is 32.6 Å². The van der Waals surface area contributed by atoms with E-state index in [0.29, 0.717) is 4.60 Å². The van der Waals surface area contributed by atoms with Crippen molar-refractivity contribution in [1.82, 2.24) is 14.8 Å². The zero-order chi connectivity index (χ0) is 10.1. The van der Waals surface area contributed by atoms with E-state index >= 15 is 0 Å². The Balaban J connectivity index is 2.61. The van der Waals surface area contributed by atoms with Gasteiger partial charge in [0.1, 0.15) is 10.1 Å². The summed E-state index contributed by atoms with van der Waals surface area (Å²) in [7, 11) is 0. The van der Waals surface area contributed by atoms with Crippen LogP contribution in [0.3, 0.4) is 0 Å². The lowest BCUT2D eigenvalue weighted by Gasteiger charge is -2.00. The molecule has 0 N–H and O–H groups in total. The van der Waals surface area contributed by atoms with Crippen LogP contribution in [0, 0.1) is 0 Å². The number of fused-ring (bicyclic) bond motifs is 1. The van der Waals surface area contributed by atoms with Gasteiger partial charge in [0.15, 0.2) is 5.78 Å². The van der Waals surface area contributed by atoms with Gasteiger partial charge in [0.05, 0.1) is 12.7 Å². The lowest BCUT2D eigenvalue weighted by molar-refractivity contribution is -0.117. The van der Waals surface area contributed by atoms with Crippen molar-refractivity contribution in [3.63, 3.8) is 0 Å². The summed E-state index contributed by atoms with van der Waals surface area (Å²) in [6.45, 7) is 1.82. The maximum atomic E-state index is 11.0. The summed E-state index contributed by atoms with van der Waals surface area (Å²) in [6.07, 6.45) is 3.43. The number of hydrogen-bond acceptors (Lipinski definition) is 3. The second-order valence-electron chi connectivity index (χ2n) is 3.04. The first kappa shape index (κ1) is 9.33. The molecule has 0 fully saturated rings. The minimum Gasteiger partial charge on any atom is -0.298 e. The van der Waals surface area contributed by atoms with Gasteiger partial charge >= 0.3 is 0 Å². The molecule has 0 amide bonds. The molecule has 0 atom stereocenters. The van der Waals surface area contributed by atoms with E-state index in [4.69, 9.17) is 0 Å². The highest BCUT2D eigenvalue weighted by Gasteiger charge is 2.07. The molecule has 0 aliphatic rings. The van der Waals surface area contributed by atoms with Crippen molar-refractivity contribution in [3.05, 3.63) is 23.1 Å². The number of hydrogen-bond donors (Lipinski definition) is 0. The van der Waals surface area contributed by atoms with Crippen LogP contribution in [0.15, 0.2) is 23.1 Å². The molecule has 2 rings (SSSR count). The van der Waals surface area contributed by atoms with Gasteiger partial charge in [0.2, 0.25) is 0 Å². The van der Waals surface area contributed by atoms with E-state index in [1.807, 2.05) is 6.07 Å². The molecular formula is C9H8BrN3O. The van der Waals surface area contributed by atoms with Crippen molar-refractivity contribution in [2.24, 2.45) is 0 Å². The van der Waals surface area contributed by atoms with Gasteiger partial charge in [-0.1, -0.05) is 0 Å². The van der Waals surface area contributed by atoms with Gasteiger partial charge in [-0.2, -0.15) is 5.10 Å². The van der Waals surface area contributed by atoms with Crippen molar-refractivity contribution in [1.29, 1.82) is 0 Å². The number of aromatic nitrogens is 3. The smallest absolute Gasteiger partial charge is 0.151 e. The van der Waals surface area contributed by atoms with Gasteiger partial charge in [-0.25, -0.2) is 4.98 Å². The second-order valence-corrected chi connectivity index (χ2v) is 3.79. The van der Waals surface area contributed by atoms with E-state index in [1.165, 1.54) is 6.92 Å². The molecule has 2 aromatic heterocycles. The van der Waals surface area contributed by atoms with Crippen molar-refractivity contribution in [2.75, 3.05) is 0 Å². The fraction of sp³-hybridized carbons (Fsp3) is 0.222. The highest BCUT2D eigenvalue weighted by atomic mass is 79.9. The lowest BCUT2D eigenvalue weighted by atomic mass is 10.3. The Hall–Kier alpha value is -1.23. The Bertz CT molecular complexity index is 492. The largest absolute Gasteiger partial charge is 0.298 e. The fourth-order valence-corrected chi connectivity index (χ4v) is 1.87. The van der Waals surface area contributed by atoms with Crippen LogP contribution in [0.2, 0.25) is 0 Å². The standard InChI is InChI=1S/C9H8BrN3O/c1-6(14)5-13-8-7(4-12-13)2-3-11-9(8)10/h2-4H,5H2,1H3. The van der Waals surface area contributed by atoms with E-state index < -0.39 is 0 Å². The number of halogens is 1. The first-order valence-corrected chi connectivity index (χ1v) is 4.93. The molecule has 0 radical (unpaired) electrons. The Morgan fingerprint density at radius 2 is 2.43 bits per heavy atom. The third kappa shape index (κ3) is 1.55. The number of rotatable bonds is 2. The summed E-state index contributed by atoms with van der Waals surface area (Å²) < 4.78 is 2.36. The number of nitrogens with zero attached hydrogens (tertiary/aromatic N) is 3. The van der Waals surface area contributed by atoms with Crippen molar-refractivity contribution < 1.29 is 4.79 Å². The van der Waals surface area contributed by atoms with Gasteiger partial charge < -0.3 is 0 Å². The number of Topliss-reactive ketones (excluding diaryl/α,β-unsaturated/α-hetero) is 1. The van der Waals surface area contributed by atoms with E-state index in [0.717, 1.165) is 10.9 Å². The van der Waals surface area contributed by atoms with E-state index in [2.05, 4.69) is 26.0 Å². The third-order valence-electron chi connectivity index (χ3n) is 1.88. The first-order valence-electron chi connectivity index (χ1n) is 4.14. The molecule has 0 saturated carbocycles. The van der Waals surface area contributed by atoms with Crippen molar-refractivity contribution in [2.45, 2.75) is 13.5 Å². The van der Waals surface area contributed by atoms with E-state index in [1.54, 1.807) is 17.1 Å². The van der Waals surface area contributed by atoms with Crippen LogP contribution in [0.5, 0.6) is 0 Å². The molecule has 0 aromatic carbocycles. The molecule has 4 nitrogen and oxygen atoms in total. The van der Waals surface area contributed by atoms with E-state index in [-0.39, 0.29) is 12.3 Å². The maximum absolute atomic E-state index is 11.0. The highest BCUT2D eigenvalue weighted by molar-refractivity contribution is 9.10. The normalized spacial score (nSPS) is 10.7. The zero-order valence-electron chi connectivity index (χ0n) is 7.57. The Morgan fingerprint density at radius 1 is 1.64 bits per heavy atom. The van der Waals surface area contributed by atoms with Gasteiger partial charge in [-0.15, -0.1) is 0 Å². The monoisotopic (exact) mass is 253 g/mol. The average molecular weight is 254 g/mol.